The molecular formula is C12H19Br4O6P. The van der Waals surface area contributed by atoms with E-state index < -0.39 is 26.0 Å². The van der Waals surface area contributed by atoms with Gasteiger partial charge in [-0.25, -0.2) is 9.36 Å². The van der Waals surface area contributed by atoms with Crippen molar-refractivity contribution in [1.29, 1.82) is 0 Å². The van der Waals surface area contributed by atoms with Crippen molar-refractivity contribution in [3.63, 3.8) is 0 Å². The van der Waals surface area contributed by atoms with Gasteiger partial charge in [0.15, 0.2) is 0 Å². The summed E-state index contributed by atoms with van der Waals surface area (Å²) >= 11 is 13.5. The average molecular weight is 610 g/mol. The molecule has 0 aliphatic carbocycles. The molecule has 2 atom stereocenters. The molecule has 0 radical (unpaired) electrons. The number of carbonyl (C=O) groups is 1. The first-order valence-corrected chi connectivity index (χ1v) is 12.0. The van der Waals surface area contributed by atoms with Gasteiger partial charge in [-0.3, -0.25) is 4.52 Å². The predicted octanol–water partition coefficient (Wildman–Crippen LogP) is 4.05. The summed E-state index contributed by atoms with van der Waals surface area (Å²) in [7, 11) is -4.70. The SMILES string of the molecule is C=C(C)C(=O)OC(COP(=O)(O)O)(CC(Br)CBr)CC(Br)CBr. The quantitative estimate of drug-likeness (QED) is 0.159. The van der Waals surface area contributed by atoms with Gasteiger partial charge in [0.1, 0.15) is 5.60 Å². The van der Waals surface area contributed by atoms with E-state index in [0.717, 1.165) is 0 Å². The Labute approximate surface area is 169 Å². The van der Waals surface area contributed by atoms with Gasteiger partial charge in [-0.05, 0) is 6.92 Å². The number of phosphoric ester groups is 1. The largest absolute Gasteiger partial charge is 0.469 e. The highest BCUT2D eigenvalue weighted by Gasteiger charge is 2.40. The number of halogens is 4. The molecule has 23 heavy (non-hydrogen) atoms. The lowest BCUT2D eigenvalue weighted by Crippen LogP contribution is -2.44. The van der Waals surface area contributed by atoms with Crippen molar-refractivity contribution in [1.82, 2.24) is 0 Å². The number of hydrogen-bond acceptors (Lipinski definition) is 4. The predicted molar refractivity (Wildman–Crippen MR) is 104 cm³/mol. The van der Waals surface area contributed by atoms with Gasteiger partial charge in [-0.1, -0.05) is 70.3 Å². The highest BCUT2D eigenvalue weighted by Crippen LogP contribution is 2.40. The Hall–Kier alpha value is 1.24. The number of alkyl halides is 4. The molecule has 0 rings (SSSR count). The van der Waals surface area contributed by atoms with Gasteiger partial charge in [-0.2, -0.15) is 0 Å². The monoisotopic (exact) mass is 606 g/mol. The molecule has 0 saturated carbocycles. The van der Waals surface area contributed by atoms with E-state index >= 15 is 0 Å². The van der Waals surface area contributed by atoms with Crippen LogP contribution in [0.1, 0.15) is 19.8 Å². The van der Waals surface area contributed by atoms with Crippen molar-refractivity contribution < 1.29 is 28.4 Å². The smallest absolute Gasteiger partial charge is 0.453 e. The molecule has 0 aliphatic rings. The lowest BCUT2D eigenvalue weighted by atomic mass is 9.93. The first-order chi connectivity index (χ1) is 10.4. The molecule has 0 aliphatic heterocycles. The fraction of sp³-hybridized carbons (Fsp3) is 0.750. The number of phosphoric acid groups is 1. The van der Waals surface area contributed by atoms with Crippen LogP contribution in [-0.4, -0.2) is 48.3 Å². The standard InChI is InChI=1S/C12H19Br4O6P/c1-8(2)11(17)22-12(3-9(15)5-13,4-10(16)6-14)7-21-23(18,19)20/h9-10H,1,3-7H2,2H3,(H2,18,19,20). The second-order valence-electron chi connectivity index (χ2n) is 5.03. The van der Waals surface area contributed by atoms with Crippen LogP contribution in [0.4, 0.5) is 0 Å². The molecule has 2 unspecified atom stereocenters. The molecule has 11 heteroatoms. The van der Waals surface area contributed by atoms with Crippen LogP contribution in [-0.2, 0) is 18.6 Å². The van der Waals surface area contributed by atoms with Gasteiger partial charge < -0.3 is 14.5 Å². The van der Waals surface area contributed by atoms with Crippen LogP contribution in [0, 0.1) is 0 Å². The van der Waals surface area contributed by atoms with Crippen LogP contribution in [0.2, 0.25) is 0 Å². The van der Waals surface area contributed by atoms with E-state index in [0.29, 0.717) is 23.5 Å². The number of carbonyl (C=O) groups excluding carboxylic acids is 1. The molecule has 0 amide bonds. The van der Waals surface area contributed by atoms with Gasteiger partial charge in [-0.15, -0.1) is 0 Å². The van der Waals surface area contributed by atoms with Gasteiger partial charge in [0, 0.05) is 38.7 Å². The molecule has 0 aromatic carbocycles. The normalized spacial score (nSPS) is 17.2. The Morgan fingerprint density at radius 1 is 1.22 bits per heavy atom. The van der Waals surface area contributed by atoms with Crippen molar-refractivity contribution in [3.8, 4) is 0 Å². The second kappa shape index (κ2) is 11.1. The third-order valence-electron chi connectivity index (χ3n) is 2.68. The zero-order valence-electron chi connectivity index (χ0n) is 12.4. The van der Waals surface area contributed by atoms with Crippen molar-refractivity contribution in [2.24, 2.45) is 0 Å². The zero-order valence-corrected chi connectivity index (χ0v) is 19.6. The van der Waals surface area contributed by atoms with Crippen molar-refractivity contribution in [2.75, 3.05) is 17.3 Å². The molecule has 136 valence electrons. The number of esters is 1. The average Bonchev–Trinajstić information content (AvgIpc) is 2.43. The van der Waals surface area contributed by atoms with Crippen LogP contribution in [0.3, 0.4) is 0 Å². The van der Waals surface area contributed by atoms with E-state index in [4.69, 9.17) is 14.5 Å². The second-order valence-corrected chi connectivity index (χ2v) is 10.2. The minimum atomic E-state index is -4.70. The molecule has 2 N–H and O–H groups in total. The third-order valence-corrected chi connectivity index (χ3v) is 7.74. The fourth-order valence-electron chi connectivity index (χ4n) is 1.72. The van der Waals surface area contributed by atoms with Crippen LogP contribution < -0.4 is 0 Å². The third kappa shape index (κ3) is 10.7. The summed E-state index contributed by atoms with van der Waals surface area (Å²) in [6.45, 7) is 4.61. The van der Waals surface area contributed by atoms with Crippen LogP contribution in [0.5, 0.6) is 0 Å². The summed E-state index contributed by atoms with van der Waals surface area (Å²) in [6, 6.07) is 0. The number of rotatable bonds is 11. The molecule has 0 bridgehead atoms. The van der Waals surface area contributed by atoms with Crippen LogP contribution in [0.15, 0.2) is 12.2 Å². The van der Waals surface area contributed by atoms with E-state index in [2.05, 4.69) is 74.8 Å². The number of ether oxygens (including phenoxy) is 1. The lowest BCUT2D eigenvalue weighted by molar-refractivity contribution is -0.160. The first-order valence-electron chi connectivity index (χ1n) is 6.43. The fourth-order valence-corrected chi connectivity index (χ4v) is 3.76. The molecule has 0 aromatic heterocycles. The summed E-state index contributed by atoms with van der Waals surface area (Å²) in [5, 5.41) is 1.13. The Morgan fingerprint density at radius 3 is 1.96 bits per heavy atom. The summed E-state index contributed by atoms with van der Waals surface area (Å²) < 4.78 is 21.3. The van der Waals surface area contributed by atoms with E-state index in [1.54, 1.807) is 0 Å². The van der Waals surface area contributed by atoms with Crippen LogP contribution in [0.25, 0.3) is 0 Å². The summed E-state index contributed by atoms with van der Waals surface area (Å²) in [5.41, 5.74) is -1.03. The van der Waals surface area contributed by atoms with E-state index in [9.17, 15) is 9.36 Å². The van der Waals surface area contributed by atoms with Crippen molar-refractivity contribution in [3.05, 3.63) is 12.2 Å². The molecule has 0 saturated heterocycles. The van der Waals surface area contributed by atoms with Crippen LogP contribution >= 0.6 is 71.5 Å². The van der Waals surface area contributed by atoms with Gasteiger partial charge in [0.25, 0.3) is 0 Å². The van der Waals surface area contributed by atoms with Gasteiger partial charge in [0.2, 0.25) is 0 Å². The minimum Gasteiger partial charge on any atom is -0.453 e. The summed E-state index contributed by atoms with van der Waals surface area (Å²) in [4.78, 5) is 29.8. The molecule has 0 heterocycles. The Kier molecular flexibility index (Phi) is 11.7. The minimum absolute atomic E-state index is 0.0872. The zero-order chi connectivity index (χ0) is 18.3. The highest BCUT2D eigenvalue weighted by atomic mass is 79.9. The van der Waals surface area contributed by atoms with Gasteiger partial charge in [0.05, 0.1) is 6.61 Å². The van der Waals surface area contributed by atoms with Crippen molar-refractivity contribution in [2.45, 2.75) is 35.0 Å². The van der Waals surface area contributed by atoms with E-state index in [1.165, 1.54) is 6.92 Å². The highest BCUT2D eigenvalue weighted by molar-refractivity contribution is 9.12. The van der Waals surface area contributed by atoms with E-state index in [-0.39, 0.29) is 15.2 Å². The summed E-state index contributed by atoms with van der Waals surface area (Å²) in [6.07, 6.45) is 0.596. The molecule has 6 nitrogen and oxygen atoms in total. The Bertz CT molecular complexity index is 443. The molecule has 0 fully saturated rings. The molecule has 0 spiro atoms. The first kappa shape index (κ1) is 24.2. The van der Waals surface area contributed by atoms with Crippen molar-refractivity contribution >= 4 is 77.5 Å². The maximum absolute atomic E-state index is 12.0. The summed E-state index contributed by atoms with van der Waals surface area (Å²) in [5.74, 6) is -0.636. The van der Waals surface area contributed by atoms with E-state index in [1.807, 2.05) is 0 Å². The Morgan fingerprint density at radius 2 is 1.65 bits per heavy atom. The maximum Gasteiger partial charge on any atom is 0.469 e. The molecule has 0 aromatic rings. The maximum atomic E-state index is 12.0. The lowest BCUT2D eigenvalue weighted by Gasteiger charge is -2.36. The van der Waals surface area contributed by atoms with Gasteiger partial charge >= 0.3 is 13.8 Å². The Balaban J connectivity index is 5.52. The molecular weight excluding hydrogens is 591 g/mol. The number of hydrogen-bond donors (Lipinski definition) is 2. The topological polar surface area (TPSA) is 93.1 Å².